The summed E-state index contributed by atoms with van der Waals surface area (Å²) < 4.78 is 6.10. The lowest BCUT2D eigenvalue weighted by atomic mass is 9.84. The van der Waals surface area contributed by atoms with Crippen LogP contribution in [0.1, 0.15) is 169 Å². The van der Waals surface area contributed by atoms with Gasteiger partial charge in [-0.3, -0.25) is 4.79 Å². The Kier molecular flexibility index (Phi) is 21.3. The first-order valence-corrected chi connectivity index (χ1v) is 13.8. The van der Waals surface area contributed by atoms with Crippen LogP contribution in [0.5, 0.6) is 0 Å². The zero-order chi connectivity index (χ0) is 22.3. The fourth-order valence-electron chi connectivity index (χ4n) is 4.69. The third-order valence-corrected chi connectivity index (χ3v) is 6.57. The van der Waals surface area contributed by atoms with Crippen molar-refractivity contribution in [3.63, 3.8) is 0 Å². The maximum absolute atomic E-state index is 12.0. The molecule has 2 nitrogen and oxygen atoms in total. The Labute approximate surface area is 190 Å². The van der Waals surface area contributed by atoms with E-state index in [4.69, 9.17) is 4.74 Å². The van der Waals surface area contributed by atoms with Gasteiger partial charge >= 0.3 is 5.97 Å². The normalized spacial score (nSPS) is 11.7. The largest absolute Gasteiger partial charge is 0.459 e. The fraction of sp³-hybridized carbons (Fsp3) is 0.964. The van der Waals surface area contributed by atoms with Crippen LogP contribution in [0.15, 0.2) is 0 Å². The molecule has 0 spiro atoms. The average molecular weight is 425 g/mol. The van der Waals surface area contributed by atoms with Gasteiger partial charge in [-0.15, -0.1) is 0 Å². The van der Waals surface area contributed by atoms with Crippen LogP contribution in [0.25, 0.3) is 0 Å². The quantitative estimate of drug-likeness (QED) is 0.120. The Morgan fingerprint density at radius 1 is 0.500 bits per heavy atom. The molecule has 30 heavy (non-hydrogen) atoms. The number of carbonyl (C=O) groups excluding carboxylic acids is 1. The van der Waals surface area contributed by atoms with E-state index in [2.05, 4.69) is 20.8 Å². The van der Waals surface area contributed by atoms with E-state index in [-0.39, 0.29) is 11.6 Å². The third kappa shape index (κ3) is 18.3. The number of rotatable bonds is 23. The van der Waals surface area contributed by atoms with E-state index in [9.17, 15) is 4.79 Å². The minimum atomic E-state index is -0.190. The highest BCUT2D eigenvalue weighted by Gasteiger charge is 2.31. The summed E-state index contributed by atoms with van der Waals surface area (Å²) in [6.07, 6.45) is 28.2. The van der Waals surface area contributed by atoms with E-state index >= 15 is 0 Å². The molecule has 0 saturated carbocycles. The number of unbranched alkanes of at least 4 members (excludes halogenated alkanes) is 16. The SMILES string of the molecule is CCCCCCCCCC(CCCCCCCC)(CCCCCCCC)OC(C)=O. The first-order valence-electron chi connectivity index (χ1n) is 13.8. The van der Waals surface area contributed by atoms with Crippen molar-refractivity contribution >= 4 is 5.97 Å². The summed E-state index contributed by atoms with van der Waals surface area (Å²) in [5.74, 6) is -0.0742. The van der Waals surface area contributed by atoms with Crippen LogP contribution in [-0.4, -0.2) is 11.6 Å². The van der Waals surface area contributed by atoms with Gasteiger partial charge in [-0.2, -0.15) is 0 Å². The van der Waals surface area contributed by atoms with E-state index in [1.54, 1.807) is 6.92 Å². The molecule has 0 saturated heterocycles. The number of hydrogen-bond donors (Lipinski definition) is 0. The summed E-state index contributed by atoms with van der Waals surface area (Å²) in [6.45, 7) is 8.43. The van der Waals surface area contributed by atoms with Crippen molar-refractivity contribution in [3.8, 4) is 0 Å². The lowest BCUT2D eigenvalue weighted by Crippen LogP contribution is -2.34. The second-order valence-electron chi connectivity index (χ2n) is 9.68. The molecule has 0 aliphatic heterocycles. The molecule has 0 N–H and O–H groups in total. The Morgan fingerprint density at radius 3 is 1.03 bits per heavy atom. The lowest BCUT2D eigenvalue weighted by molar-refractivity contribution is -0.160. The molecule has 0 unspecified atom stereocenters. The fourth-order valence-corrected chi connectivity index (χ4v) is 4.69. The summed E-state index contributed by atoms with van der Waals surface area (Å²) in [5, 5.41) is 0. The monoisotopic (exact) mass is 424 g/mol. The highest BCUT2D eigenvalue weighted by Crippen LogP contribution is 2.33. The Hall–Kier alpha value is -0.530. The summed E-state index contributed by atoms with van der Waals surface area (Å²) in [5.41, 5.74) is -0.190. The van der Waals surface area contributed by atoms with E-state index in [1.807, 2.05) is 0 Å². The van der Waals surface area contributed by atoms with E-state index < -0.39 is 0 Å². The van der Waals surface area contributed by atoms with Crippen molar-refractivity contribution in [2.75, 3.05) is 0 Å². The van der Waals surface area contributed by atoms with Gasteiger partial charge in [-0.05, 0) is 38.5 Å². The molecule has 2 heteroatoms. The van der Waals surface area contributed by atoms with E-state index in [0.717, 1.165) is 19.3 Å². The molecule has 0 aliphatic carbocycles. The maximum Gasteiger partial charge on any atom is 0.303 e. The highest BCUT2D eigenvalue weighted by atomic mass is 16.6. The zero-order valence-corrected chi connectivity index (χ0v) is 21.4. The lowest BCUT2D eigenvalue weighted by Gasteiger charge is -2.34. The topological polar surface area (TPSA) is 26.3 Å². The molecular formula is C28H56O2. The minimum absolute atomic E-state index is 0.0742. The van der Waals surface area contributed by atoms with Crippen molar-refractivity contribution in [2.45, 2.75) is 175 Å². The molecule has 0 rings (SSSR count). The van der Waals surface area contributed by atoms with Gasteiger partial charge in [0.25, 0.3) is 0 Å². The molecule has 0 aromatic rings. The second-order valence-corrected chi connectivity index (χ2v) is 9.68. The summed E-state index contributed by atoms with van der Waals surface area (Å²) in [6, 6.07) is 0. The van der Waals surface area contributed by atoms with Crippen LogP contribution < -0.4 is 0 Å². The minimum Gasteiger partial charge on any atom is -0.459 e. The van der Waals surface area contributed by atoms with Gasteiger partial charge in [0, 0.05) is 6.92 Å². The molecule has 0 radical (unpaired) electrons. The first kappa shape index (κ1) is 29.5. The number of ether oxygens (including phenoxy) is 1. The number of carbonyl (C=O) groups is 1. The average Bonchev–Trinajstić information content (AvgIpc) is 2.72. The smallest absolute Gasteiger partial charge is 0.303 e. The number of hydrogen-bond acceptors (Lipinski definition) is 2. The molecule has 0 atom stereocenters. The van der Waals surface area contributed by atoms with Crippen LogP contribution in [-0.2, 0) is 9.53 Å². The van der Waals surface area contributed by atoms with E-state index in [1.165, 1.54) is 122 Å². The van der Waals surface area contributed by atoms with Crippen molar-refractivity contribution < 1.29 is 9.53 Å². The van der Waals surface area contributed by atoms with Gasteiger partial charge in [0.2, 0.25) is 0 Å². The molecule has 0 fully saturated rings. The van der Waals surface area contributed by atoms with Gasteiger partial charge in [0.15, 0.2) is 0 Å². The molecule has 0 amide bonds. The van der Waals surface area contributed by atoms with Gasteiger partial charge in [0.05, 0.1) is 0 Å². The van der Waals surface area contributed by atoms with Gasteiger partial charge < -0.3 is 4.74 Å². The summed E-state index contributed by atoms with van der Waals surface area (Å²) in [7, 11) is 0. The predicted octanol–water partition coefficient (Wildman–Crippen LogP) is 9.93. The highest BCUT2D eigenvalue weighted by molar-refractivity contribution is 5.66. The summed E-state index contributed by atoms with van der Waals surface area (Å²) in [4.78, 5) is 12.0. The molecule has 0 aromatic heterocycles. The Morgan fingerprint density at radius 2 is 0.767 bits per heavy atom. The molecular weight excluding hydrogens is 368 g/mol. The maximum atomic E-state index is 12.0. The summed E-state index contributed by atoms with van der Waals surface area (Å²) >= 11 is 0. The molecule has 0 aromatic carbocycles. The molecule has 0 aliphatic rings. The van der Waals surface area contributed by atoms with Crippen molar-refractivity contribution in [1.29, 1.82) is 0 Å². The predicted molar refractivity (Wildman–Crippen MR) is 133 cm³/mol. The molecule has 180 valence electrons. The van der Waals surface area contributed by atoms with Crippen molar-refractivity contribution in [1.82, 2.24) is 0 Å². The molecule has 0 heterocycles. The Balaban J connectivity index is 4.58. The third-order valence-electron chi connectivity index (χ3n) is 6.57. The molecule has 0 bridgehead atoms. The van der Waals surface area contributed by atoms with Crippen LogP contribution in [0.4, 0.5) is 0 Å². The van der Waals surface area contributed by atoms with E-state index in [0.29, 0.717) is 0 Å². The van der Waals surface area contributed by atoms with Gasteiger partial charge in [-0.25, -0.2) is 0 Å². The van der Waals surface area contributed by atoms with Crippen LogP contribution >= 0.6 is 0 Å². The van der Waals surface area contributed by atoms with Crippen LogP contribution in [0.3, 0.4) is 0 Å². The first-order chi connectivity index (χ1) is 14.6. The Bertz CT molecular complexity index is 348. The zero-order valence-electron chi connectivity index (χ0n) is 21.4. The van der Waals surface area contributed by atoms with Crippen molar-refractivity contribution in [3.05, 3.63) is 0 Å². The second kappa shape index (κ2) is 21.7. The number of esters is 1. The van der Waals surface area contributed by atoms with Crippen LogP contribution in [0.2, 0.25) is 0 Å². The van der Waals surface area contributed by atoms with Gasteiger partial charge in [-0.1, -0.05) is 124 Å². The van der Waals surface area contributed by atoms with Crippen LogP contribution in [0, 0.1) is 0 Å². The van der Waals surface area contributed by atoms with Gasteiger partial charge in [0.1, 0.15) is 5.60 Å². The van der Waals surface area contributed by atoms with Crippen molar-refractivity contribution in [2.24, 2.45) is 0 Å². The standard InChI is InChI=1S/C28H56O2/c1-5-8-11-14-17-20-23-26-28(30-27(4)29,24-21-18-15-12-9-6-2)25-22-19-16-13-10-7-3/h5-26H2,1-4H3.